The van der Waals surface area contributed by atoms with Gasteiger partial charge in [0.1, 0.15) is 11.2 Å². The zero-order valence-electron chi connectivity index (χ0n) is 30.2. The summed E-state index contributed by atoms with van der Waals surface area (Å²) in [4.78, 5) is 2.38. The van der Waals surface area contributed by atoms with Crippen LogP contribution in [0.4, 0.5) is 17.1 Å². The molecule has 0 amide bonds. The zero-order valence-corrected chi connectivity index (χ0v) is 31.0. The Balaban J connectivity index is 1.06. The molecule has 3 heterocycles. The molecule has 0 radical (unpaired) electrons. The highest BCUT2D eigenvalue weighted by Crippen LogP contribution is 2.44. The largest absolute Gasteiger partial charge is 0.456 e. The van der Waals surface area contributed by atoms with Crippen LogP contribution in [0, 0.1) is 0 Å². The Morgan fingerprint density at radius 2 is 1.05 bits per heavy atom. The predicted molar refractivity (Wildman–Crippen MR) is 239 cm³/mol. The van der Waals surface area contributed by atoms with Crippen LogP contribution in [0.2, 0.25) is 0 Å². The number of nitrogens with zero attached hydrogens (tertiary/aromatic N) is 2. The lowest BCUT2D eigenvalue weighted by atomic mass is 9.99. The molecule has 0 fully saturated rings. The fraction of sp³-hybridized carbons (Fsp3) is 0. The minimum atomic E-state index is 0.906. The van der Waals surface area contributed by atoms with Crippen molar-refractivity contribution in [3.05, 3.63) is 194 Å². The van der Waals surface area contributed by atoms with E-state index in [1.165, 1.54) is 63.7 Å². The molecular formula is C52H32N2OS. The number of hydrogen-bond donors (Lipinski definition) is 0. The third-order valence-corrected chi connectivity index (χ3v) is 12.5. The van der Waals surface area contributed by atoms with Gasteiger partial charge in [-0.25, -0.2) is 0 Å². The van der Waals surface area contributed by atoms with Crippen LogP contribution in [0.25, 0.3) is 91.5 Å². The average Bonchev–Trinajstić information content (AvgIpc) is 3.93. The van der Waals surface area contributed by atoms with Gasteiger partial charge in [-0.1, -0.05) is 109 Å². The number of fused-ring (bicyclic) bond motifs is 11. The lowest BCUT2D eigenvalue weighted by molar-refractivity contribution is 0.669. The van der Waals surface area contributed by atoms with Gasteiger partial charge in [0.2, 0.25) is 0 Å². The van der Waals surface area contributed by atoms with Gasteiger partial charge in [0, 0.05) is 64.5 Å². The number of hydrogen-bond acceptors (Lipinski definition) is 3. The van der Waals surface area contributed by atoms with Crippen LogP contribution in [0.15, 0.2) is 199 Å². The lowest BCUT2D eigenvalue weighted by Crippen LogP contribution is -2.09. The fourth-order valence-electron chi connectivity index (χ4n) is 8.79. The van der Waals surface area contributed by atoms with E-state index in [9.17, 15) is 0 Å². The van der Waals surface area contributed by atoms with Crippen LogP contribution >= 0.6 is 11.3 Å². The van der Waals surface area contributed by atoms with Crippen molar-refractivity contribution in [2.45, 2.75) is 0 Å². The van der Waals surface area contributed by atoms with Crippen LogP contribution < -0.4 is 4.90 Å². The first kappa shape index (κ1) is 31.2. The molecule has 12 rings (SSSR count). The van der Waals surface area contributed by atoms with Crippen LogP contribution in [0.3, 0.4) is 0 Å². The van der Waals surface area contributed by atoms with Crippen LogP contribution in [0.5, 0.6) is 0 Å². The van der Waals surface area contributed by atoms with Crippen molar-refractivity contribution in [3.8, 4) is 16.8 Å². The maximum Gasteiger partial charge on any atom is 0.136 e. The average molecular weight is 733 g/mol. The van der Waals surface area contributed by atoms with Crippen LogP contribution in [-0.4, -0.2) is 4.57 Å². The SMILES string of the molecule is c1ccc(N(c2ccc3c(c2)sc2ccccc23)c2ccc3c4cc(-c5ccc6oc7ccc8ccccc8c7c6c5)ccc4n(-c4ccccc4)c3c2)cc1. The summed E-state index contributed by atoms with van der Waals surface area (Å²) in [5.74, 6) is 0. The van der Waals surface area contributed by atoms with Crippen molar-refractivity contribution in [2.75, 3.05) is 4.90 Å². The van der Waals surface area contributed by atoms with Crippen molar-refractivity contribution < 1.29 is 4.42 Å². The molecule has 0 unspecified atom stereocenters. The number of furan rings is 1. The molecule has 262 valence electrons. The molecule has 0 aliphatic heterocycles. The summed E-state index contributed by atoms with van der Waals surface area (Å²) >= 11 is 1.85. The van der Waals surface area contributed by atoms with Gasteiger partial charge in [-0.05, 0) is 107 Å². The van der Waals surface area contributed by atoms with Crippen molar-refractivity contribution in [1.29, 1.82) is 0 Å². The monoisotopic (exact) mass is 732 g/mol. The maximum absolute atomic E-state index is 6.35. The molecule has 0 N–H and O–H groups in total. The van der Waals surface area contributed by atoms with Crippen LogP contribution in [-0.2, 0) is 0 Å². The Labute approximate surface area is 326 Å². The van der Waals surface area contributed by atoms with Gasteiger partial charge in [-0.15, -0.1) is 11.3 Å². The minimum absolute atomic E-state index is 0.906. The topological polar surface area (TPSA) is 21.3 Å². The zero-order chi connectivity index (χ0) is 36.7. The van der Waals surface area contributed by atoms with E-state index in [4.69, 9.17) is 4.42 Å². The van der Waals surface area contributed by atoms with E-state index in [1.807, 2.05) is 11.3 Å². The first-order valence-electron chi connectivity index (χ1n) is 19.0. The number of anilines is 3. The van der Waals surface area contributed by atoms with E-state index in [2.05, 4.69) is 204 Å². The maximum atomic E-state index is 6.35. The van der Waals surface area contributed by atoms with E-state index >= 15 is 0 Å². The quantitative estimate of drug-likeness (QED) is 0.176. The Hall–Kier alpha value is -7.14. The smallest absolute Gasteiger partial charge is 0.136 e. The third kappa shape index (κ3) is 4.76. The van der Waals surface area contributed by atoms with Crippen LogP contribution in [0.1, 0.15) is 0 Å². The molecule has 12 aromatic rings. The number of thiophene rings is 1. The van der Waals surface area contributed by atoms with Crippen molar-refractivity contribution in [2.24, 2.45) is 0 Å². The number of para-hydroxylation sites is 2. The van der Waals surface area contributed by atoms with Crippen molar-refractivity contribution >= 4 is 103 Å². The summed E-state index contributed by atoms with van der Waals surface area (Å²) in [5.41, 5.74) is 11.0. The molecule has 9 aromatic carbocycles. The molecule has 0 aliphatic carbocycles. The van der Waals surface area contributed by atoms with Gasteiger partial charge in [0.25, 0.3) is 0 Å². The fourth-order valence-corrected chi connectivity index (χ4v) is 9.93. The summed E-state index contributed by atoms with van der Waals surface area (Å²) in [6, 6.07) is 70.3. The number of aromatic nitrogens is 1. The molecule has 0 saturated heterocycles. The number of rotatable bonds is 5. The van der Waals surface area contributed by atoms with Gasteiger partial charge in [-0.2, -0.15) is 0 Å². The van der Waals surface area contributed by atoms with Crippen molar-refractivity contribution in [3.63, 3.8) is 0 Å². The molecule has 0 bridgehead atoms. The summed E-state index contributed by atoms with van der Waals surface area (Å²) in [7, 11) is 0. The molecule has 56 heavy (non-hydrogen) atoms. The summed E-state index contributed by atoms with van der Waals surface area (Å²) in [6.07, 6.45) is 0. The minimum Gasteiger partial charge on any atom is -0.456 e. The third-order valence-electron chi connectivity index (χ3n) is 11.4. The highest BCUT2D eigenvalue weighted by molar-refractivity contribution is 7.25. The summed E-state index contributed by atoms with van der Waals surface area (Å²) in [6.45, 7) is 0. The normalized spacial score (nSPS) is 11.9. The van der Waals surface area contributed by atoms with Gasteiger partial charge < -0.3 is 13.9 Å². The Morgan fingerprint density at radius 1 is 0.393 bits per heavy atom. The molecular weight excluding hydrogens is 701 g/mol. The second kappa shape index (κ2) is 12.2. The Kier molecular flexibility index (Phi) is 6.80. The Morgan fingerprint density at radius 3 is 1.91 bits per heavy atom. The standard InChI is InChI=1S/C52H32N2OS/c1-3-12-36(13-4-1)53(39-23-25-43-42-17-9-10-18-50(42)56-51(43)32-39)38-22-24-41-44-29-34(19-26-46(44)54(47(41)31-38)37-14-5-2-6-15-37)35-21-27-48-45(30-35)52-40-16-8-7-11-33(40)20-28-49(52)55-48/h1-32H. The number of benzene rings is 9. The summed E-state index contributed by atoms with van der Waals surface area (Å²) < 4.78 is 11.4. The molecule has 4 heteroatoms. The van der Waals surface area contributed by atoms with Crippen molar-refractivity contribution in [1.82, 2.24) is 4.57 Å². The second-order valence-corrected chi connectivity index (χ2v) is 15.6. The van der Waals surface area contributed by atoms with Gasteiger partial charge >= 0.3 is 0 Å². The van der Waals surface area contributed by atoms with E-state index in [-0.39, 0.29) is 0 Å². The molecule has 3 aromatic heterocycles. The van der Waals surface area contributed by atoms with E-state index in [1.54, 1.807) is 0 Å². The summed E-state index contributed by atoms with van der Waals surface area (Å²) in [5, 5.41) is 9.78. The first-order valence-corrected chi connectivity index (χ1v) is 19.8. The van der Waals surface area contributed by atoms with E-state index in [0.717, 1.165) is 44.8 Å². The highest BCUT2D eigenvalue weighted by atomic mass is 32.1. The lowest BCUT2D eigenvalue weighted by Gasteiger charge is -2.26. The predicted octanol–water partition coefficient (Wildman–Crippen LogP) is 15.3. The molecule has 0 spiro atoms. The Bertz CT molecular complexity index is 3480. The molecule has 0 aliphatic rings. The van der Waals surface area contributed by atoms with Gasteiger partial charge in [-0.3, -0.25) is 0 Å². The molecule has 0 atom stereocenters. The van der Waals surface area contributed by atoms with E-state index in [0.29, 0.717) is 0 Å². The first-order chi connectivity index (χ1) is 27.7. The van der Waals surface area contributed by atoms with E-state index < -0.39 is 0 Å². The molecule has 3 nitrogen and oxygen atoms in total. The molecule has 0 saturated carbocycles. The van der Waals surface area contributed by atoms with Gasteiger partial charge in [0.05, 0.1) is 11.0 Å². The second-order valence-electron chi connectivity index (χ2n) is 14.5. The highest BCUT2D eigenvalue weighted by Gasteiger charge is 2.20. The van der Waals surface area contributed by atoms with Gasteiger partial charge in [0.15, 0.2) is 0 Å².